The predicted molar refractivity (Wildman–Crippen MR) is 137 cm³/mol. The number of hydrazone groups is 1. The van der Waals surface area contributed by atoms with Crippen molar-refractivity contribution in [2.45, 2.75) is 10.8 Å². The first kappa shape index (κ1) is 24.2. The van der Waals surface area contributed by atoms with E-state index in [4.69, 9.17) is 28.3 Å². The van der Waals surface area contributed by atoms with E-state index in [9.17, 15) is 8.42 Å². The first-order chi connectivity index (χ1) is 16.2. The molecule has 4 rings (SSSR count). The van der Waals surface area contributed by atoms with Gasteiger partial charge in [-0.25, -0.2) is 10.0 Å². The summed E-state index contributed by atoms with van der Waals surface area (Å²) in [5.41, 5.74) is 5.73. The van der Waals surface area contributed by atoms with Crippen LogP contribution in [0.1, 0.15) is 17.0 Å². The summed E-state index contributed by atoms with van der Waals surface area (Å²) in [6.07, 6.45) is 0. The number of halogens is 2. The molecule has 7 nitrogen and oxygen atoms in total. The number of guanidine groups is 1. The van der Waals surface area contributed by atoms with Gasteiger partial charge in [-0.1, -0.05) is 65.7 Å². The molecule has 10 heteroatoms. The zero-order valence-electron chi connectivity index (χ0n) is 18.6. The van der Waals surface area contributed by atoms with Crippen LogP contribution < -0.4 is 5.43 Å². The van der Waals surface area contributed by atoms with E-state index < -0.39 is 10.0 Å². The fourth-order valence-corrected chi connectivity index (χ4v) is 4.76. The Balaban J connectivity index is 1.77. The van der Waals surface area contributed by atoms with Gasteiger partial charge in [-0.2, -0.15) is 13.5 Å². The fraction of sp³-hybridized carbons (Fsp3) is 0.167. The molecule has 0 spiro atoms. The normalized spacial score (nSPS) is 16.6. The van der Waals surface area contributed by atoms with Crippen LogP contribution in [0.4, 0.5) is 0 Å². The molecule has 1 heterocycles. The van der Waals surface area contributed by atoms with Gasteiger partial charge in [0.15, 0.2) is 0 Å². The second-order valence-electron chi connectivity index (χ2n) is 7.89. The van der Waals surface area contributed by atoms with Gasteiger partial charge in [0.05, 0.1) is 17.2 Å². The molecule has 1 aliphatic heterocycles. The lowest BCUT2D eigenvalue weighted by Gasteiger charge is -2.22. The van der Waals surface area contributed by atoms with Crippen LogP contribution in [0.5, 0.6) is 0 Å². The van der Waals surface area contributed by atoms with E-state index >= 15 is 0 Å². The Labute approximate surface area is 209 Å². The molecule has 0 fully saturated rings. The molecule has 0 saturated heterocycles. The van der Waals surface area contributed by atoms with Crippen LogP contribution in [0.3, 0.4) is 0 Å². The third kappa shape index (κ3) is 5.59. The average Bonchev–Trinajstić information content (AvgIpc) is 3.25. The Morgan fingerprint density at radius 2 is 1.56 bits per heavy atom. The standard InChI is InChI=1S/C24H23Cl2N5O2S/c1-30(2)28-24(29-34(32,33)21-14-12-20(26)13-15-21)31-16-22(17-6-4-3-5-7-17)23(27-31)18-8-10-19(25)11-9-18/h3-15,22H,16H2,1-2H3,(H,28,29)/t22-/m1/s1. The number of sulfonamides is 1. The average molecular weight is 516 g/mol. The van der Waals surface area contributed by atoms with Crippen molar-refractivity contribution in [1.29, 1.82) is 0 Å². The van der Waals surface area contributed by atoms with Gasteiger partial charge in [-0.3, -0.25) is 5.43 Å². The number of nitrogens with one attached hydrogen (secondary N) is 1. The molecule has 0 bridgehead atoms. The lowest BCUT2D eigenvalue weighted by Crippen LogP contribution is -2.45. The van der Waals surface area contributed by atoms with Gasteiger partial charge < -0.3 is 0 Å². The minimum absolute atomic E-state index is 0.0377. The number of nitrogens with zero attached hydrogens (tertiary/aromatic N) is 4. The molecule has 0 aliphatic carbocycles. The summed E-state index contributed by atoms with van der Waals surface area (Å²) in [7, 11) is -0.519. The summed E-state index contributed by atoms with van der Waals surface area (Å²) in [6.45, 7) is 0.401. The number of rotatable bonds is 5. The highest BCUT2D eigenvalue weighted by atomic mass is 35.5. The first-order valence-electron chi connectivity index (χ1n) is 10.4. The molecule has 3 aromatic rings. The molecule has 1 aliphatic rings. The summed E-state index contributed by atoms with van der Waals surface area (Å²) >= 11 is 12.0. The second-order valence-corrected chi connectivity index (χ2v) is 10.4. The third-order valence-corrected chi connectivity index (χ3v) is 6.93. The van der Waals surface area contributed by atoms with Gasteiger partial charge in [0.1, 0.15) is 0 Å². The Hall–Kier alpha value is -2.91. The smallest absolute Gasteiger partial charge is 0.285 e. The molecule has 1 N–H and O–H groups in total. The Morgan fingerprint density at radius 1 is 0.971 bits per heavy atom. The van der Waals surface area contributed by atoms with Crippen LogP contribution in [0, 0.1) is 0 Å². The Kier molecular flexibility index (Phi) is 7.23. The lowest BCUT2D eigenvalue weighted by molar-refractivity contribution is 0.324. The number of hydrazine groups is 1. The van der Waals surface area contributed by atoms with Crippen molar-refractivity contribution in [3.63, 3.8) is 0 Å². The van der Waals surface area contributed by atoms with Gasteiger partial charge in [-0.15, -0.1) is 4.40 Å². The monoisotopic (exact) mass is 515 g/mol. The van der Waals surface area contributed by atoms with E-state index in [2.05, 4.69) is 9.82 Å². The molecule has 0 unspecified atom stereocenters. The SMILES string of the molecule is CN(C)NC(=NS(=O)(=O)c1ccc(Cl)cc1)N1C[C@H](c2ccccc2)C(c2ccc(Cl)cc2)=N1. The Bertz CT molecular complexity index is 1310. The summed E-state index contributed by atoms with van der Waals surface area (Å²) in [4.78, 5) is 0.0377. The maximum absolute atomic E-state index is 13.1. The highest BCUT2D eigenvalue weighted by Crippen LogP contribution is 2.30. The molecular weight excluding hydrogens is 493 g/mol. The number of hydrogen-bond acceptors (Lipinski definition) is 4. The topological polar surface area (TPSA) is 77.4 Å². The number of hydrogen-bond donors (Lipinski definition) is 1. The zero-order chi connectivity index (χ0) is 24.3. The van der Waals surface area contributed by atoms with Crippen LogP contribution in [0.15, 0.2) is 93.3 Å². The largest absolute Gasteiger partial charge is 0.287 e. The van der Waals surface area contributed by atoms with E-state index in [1.165, 1.54) is 24.3 Å². The van der Waals surface area contributed by atoms with Crippen LogP contribution >= 0.6 is 23.2 Å². The summed E-state index contributed by atoms with van der Waals surface area (Å²) in [6, 6.07) is 23.2. The summed E-state index contributed by atoms with van der Waals surface area (Å²) in [5.74, 6) is -0.0142. The molecular formula is C24H23Cl2N5O2S. The van der Waals surface area contributed by atoms with E-state index in [0.717, 1.165) is 16.8 Å². The zero-order valence-corrected chi connectivity index (χ0v) is 20.9. The van der Waals surface area contributed by atoms with E-state index in [1.807, 2.05) is 54.6 Å². The van der Waals surface area contributed by atoms with Gasteiger partial charge in [-0.05, 0) is 47.5 Å². The van der Waals surface area contributed by atoms with E-state index in [1.54, 1.807) is 24.1 Å². The molecule has 34 heavy (non-hydrogen) atoms. The maximum atomic E-state index is 13.1. The van der Waals surface area contributed by atoms with E-state index in [0.29, 0.717) is 16.6 Å². The maximum Gasteiger partial charge on any atom is 0.285 e. The lowest BCUT2D eigenvalue weighted by atomic mass is 9.91. The van der Waals surface area contributed by atoms with Crippen molar-refractivity contribution in [3.8, 4) is 0 Å². The molecule has 0 amide bonds. The quantitative estimate of drug-likeness (QED) is 0.305. The third-order valence-electron chi connectivity index (χ3n) is 5.14. The molecule has 3 aromatic carbocycles. The van der Waals surface area contributed by atoms with Crippen molar-refractivity contribution in [1.82, 2.24) is 15.4 Å². The van der Waals surface area contributed by atoms with Gasteiger partial charge >= 0.3 is 0 Å². The van der Waals surface area contributed by atoms with Crippen LogP contribution in [0.2, 0.25) is 10.0 Å². The van der Waals surface area contributed by atoms with Crippen molar-refractivity contribution < 1.29 is 8.42 Å². The van der Waals surface area contributed by atoms with Gasteiger partial charge in [0.2, 0.25) is 5.96 Å². The fourth-order valence-electron chi connectivity index (χ4n) is 3.56. The molecule has 1 atom stereocenters. The molecule has 0 aromatic heterocycles. The minimum Gasteiger partial charge on any atom is -0.287 e. The Morgan fingerprint density at radius 3 is 2.15 bits per heavy atom. The summed E-state index contributed by atoms with van der Waals surface area (Å²) in [5, 5.41) is 9.05. The van der Waals surface area contributed by atoms with Crippen molar-refractivity contribution in [2.75, 3.05) is 20.6 Å². The predicted octanol–water partition coefficient (Wildman–Crippen LogP) is 4.61. The highest BCUT2D eigenvalue weighted by molar-refractivity contribution is 7.90. The molecule has 0 saturated carbocycles. The van der Waals surface area contributed by atoms with Gasteiger partial charge in [0, 0.05) is 30.1 Å². The molecule has 0 radical (unpaired) electrons. The van der Waals surface area contributed by atoms with Crippen molar-refractivity contribution in [2.24, 2.45) is 9.50 Å². The molecule has 176 valence electrons. The summed E-state index contributed by atoms with van der Waals surface area (Å²) < 4.78 is 30.2. The van der Waals surface area contributed by atoms with E-state index in [-0.39, 0.29) is 16.8 Å². The van der Waals surface area contributed by atoms with Crippen LogP contribution in [-0.2, 0) is 10.0 Å². The van der Waals surface area contributed by atoms with Gasteiger partial charge in [0.25, 0.3) is 10.0 Å². The van der Waals surface area contributed by atoms with Crippen LogP contribution in [0.25, 0.3) is 0 Å². The highest BCUT2D eigenvalue weighted by Gasteiger charge is 2.32. The van der Waals surface area contributed by atoms with Crippen LogP contribution in [-0.4, -0.2) is 50.7 Å². The minimum atomic E-state index is -4.02. The van der Waals surface area contributed by atoms with Crippen molar-refractivity contribution in [3.05, 3.63) is 100 Å². The number of benzene rings is 3. The first-order valence-corrected chi connectivity index (χ1v) is 12.6. The second kappa shape index (κ2) is 10.1. The van der Waals surface area contributed by atoms with Crippen molar-refractivity contribution >= 4 is 44.9 Å².